The molecule has 0 unspecified atom stereocenters. The van der Waals surface area contributed by atoms with E-state index in [0.717, 1.165) is 18.1 Å². The van der Waals surface area contributed by atoms with Crippen LogP contribution < -0.4 is 5.32 Å². The maximum Gasteiger partial charge on any atom is 0.134 e. The van der Waals surface area contributed by atoms with Crippen LogP contribution in [-0.2, 0) is 6.54 Å². The van der Waals surface area contributed by atoms with E-state index in [1.165, 1.54) is 33.4 Å². The quantitative estimate of drug-likeness (QED) is 0.891. The van der Waals surface area contributed by atoms with Crippen LogP contribution in [0.25, 0.3) is 11.3 Å². The van der Waals surface area contributed by atoms with Gasteiger partial charge in [-0.3, -0.25) is 0 Å². The van der Waals surface area contributed by atoms with Crippen molar-refractivity contribution in [3.05, 3.63) is 45.7 Å². The van der Waals surface area contributed by atoms with Crippen LogP contribution in [0, 0.1) is 34.6 Å². The minimum atomic E-state index is 0.766. The van der Waals surface area contributed by atoms with E-state index >= 15 is 0 Å². The lowest BCUT2D eigenvalue weighted by Gasteiger charge is -2.17. The molecule has 0 saturated carbocycles. The monoisotopic (exact) mass is 257 g/mol. The van der Waals surface area contributed by atoms with Crippen LogP contribution >= 0.6 is 0 Å². The van der Waals surface area contributed by atoms with Gasteiger partial charge in [0.25, 0.3) is 0 Å². The summed E-state index contributed by atoms with van der Waals surface area (Å²) in [6.45, 7) is 11.7. The van der Waals surface area contributed by atoms with Gasteiger partial charge in [-0.1, -0.05) is 0 Å². The third-order valence-corrected chi connectivity index (χ3v) is 4.26. The van der Waals surface area contributed by atoms with Crippen molar-refractivity contribution < 1.29 is 4.42 Å². The molecule has 2 aromatic rings. The molecule has 102 valence electrons. The van der Waals surface area contributed by atoms with Gasteiger partial charge in [0.2, 0.25) is 0 Å². The number of hydrogen-bond donors (Lipinski definition) is 1. The van der Waals surface area contributed by atoms with Gasteiger partial charge in [-0.15, -0.1) is 0 Å². The lowest BCUT2D eigenvalue weighted by Crippen LogP contribution is -2.03. The second kappa shape index (κ2) is 5.22. The first-order valence-corrected chi connectivity index (χ1v) is 6.78. The molecule has 2 heteroatoms. The van der Waals surface area contributed by atoms with Crippen LogP contribution in [0.15, 0.2) is 16.5 Å². The van der Waals surface area contributed by atoms with E-state index in [1.807, 2.05) is 7.05 Å². The molecule has 1 aromatic heterocycles. The first-order valence-electron chi connectivity index (χ1n) is 6.78. The van der Waals surface area contributed by atoms with Gasteiger partial charge in [0.1, 0.15) is 11.5 Å². The topological polar surface area (TPSA) is 25.2 Å². The zero-order valence-corrected chi connectivity index (χ0v) is 12.8. The van der Waals surface area contributed by atoms with Gasteiger partial charge in [-0.25, -0.2) is 0 Å². The molecular weight excluding hydrogens is 234 g/mol. The highest BCUT2D eigenvalue weighted by Crippen LogP contribution is 2.34. The SMILES string of the molecule is CNCc1ccc(-c2c(C)c(C)c(C)c(C)c2C)o1. The summed E-state index contributed by atoms with van der Waals surface area (Å²) in [6, 6.07) is 4.13. The Hall–Kier alpha value is -1.54. The van der Waals surface area contributed by atoms with Crippen molar-refractivity contribution in [2.75, 3.05) is 7.05 Å². The molecule has 2 rings (SSSR count). The Morgan fingerprint density at radius 3 is 1.89 bits per heavy atom. The summed E-state index contributed by atoms with van der Waals surface area (Å²) >= 11 is 0. The fourth-order valence-electron chi connectivity index (χ4n) is 2.65. The van der Waals surface area contributed by atoms with E-state index in [9.17, 15) is 0 Å². The van der Waals surface area contributed by atoms with Crippen molar-refractivity contribution >= 4 is 0 Å². The molecule has 1 N–H and O–H groups in total. The third-order valence-electron chi connectivity index (χ3n) is 4.26. The van der Waals surface area contributed by atoms with Crippen LogP contribution in [0.3, 0.4) is 0 Å². The number of hydrogen-bond acceptors (Lipinski definition) is 2. The first kappa shape index (κ1) is 13.9. The first-order chi connectivity index (χ1) is 8.97. The molecule has 0 aliphatic rings. The minimum Gasteiger partial charge on any atom is -0.460 e. The minimum absolute atomic E-state index is 0.766. The molecule has 2 nitrogen and oxygen atoms in total. The maximum atomic E-state index is 5.96. The second-order valence-corrected chi connectivity index (χ2v) is 5.30. The van der Waals surface area contributed by atoms with Gasteiger partial charge in [-0.2, -0.15) is 0 Å². The van der Waals surface area contributed by atoms with Gasteiger partial charge < -0.3 is 9.73 Å². The number of nitrogens with one attached hydrogen (secondary N) is 1. The Morgan fingerprint density at radius 1 is 0.842 bits per heavy atom. The largest absolute Gasteiger partial charge is 0.460 e. The van der Waals surface area contributed by atoms with Crippen molar-refractivity contribution in [2.45, 2.75) is 41.2 Å². The lowest BCUT2D eigenvalue weighted by atomic mass is 9.88. The predicted octanol–water partition coefficient (Wildman–Crippen LogP) is 4.21. The van der Waals surface area contributed by atoms with E-state index in [1.54, 1.807) is 0 Å². The van der Waals surface area contributed by atoms with Gasteiger partial charge in [-0.05, 0) is 81.6 Å². The Bertz CT molecular complexity index is 579. The van der Waals surface area contributed by atoms with E-state index < -0.39 is 0 Å². The highest BCUT2D eigenvalue weighted by Gasteiger charge is 2.16. The van der Waals surface area contributed by atoms with Crippen molar-refractivity contribution in [1.82, 2.24) is 5.32 Å². The molecule has 0 bridgehead atoms. The Morgan fingerprint density at radius 2 is 1.37 bits per heavy atom. The Kier molecular flexibility index (Phi) is 3.81. The zero-order chi connectivity index (χ0) is 14.2. The smallest absolute Gasteiger partial charge is 0.134 e. The number of furan rings is 1. The normalized spacial score (nSPS) is 11.1. The second-order valence-electron chi connectivity index (χ2n) is 5.30. The molecule has 0 amide bonds. The summed E-state index contributed by atoms with van der Waals surface area (Å²) in [5, 5.41) is 3.12. The van der Waals surface area contributed by atoms with E-state index in [2.05, 4.69) is 52.1 Å². The van der Waals surface area contributed by atoms with E-state index in [4.69, 9.17) is 4.42 Å². The summed E-state index contributed by atoms with van der Waals surface area (Å²) in [7, 11) is 1.93. The predicted molar refractivity (Wildman–Crippen MR) is 80.6 cm³/mol. The van der Waals surface area contributed by atoms with Gasteiger partial charge >= 0.3 is 0 Å². The number of rotatable bonds is 3. The van der Waals surface area contributed by atoms with Crippen molar-refractivity contribution in [3.63, 3.8) is 0 Å². The summed E-state index contributed by atoms with van der Waals surface area (Å²) in [5.41, 5.74) is 8.02. The molecule has 0 aliphatic carbocycles. The fourth-order valence-corrected chi connectivity index (χ4v) is 2.65. The van der Waals surface area contributed by atoms with E-state index in [-0.39, 0.29) is 0 Å². The standard InChI is InChI=1S/C17H23NO/c1-10-11(2)13(4)17(14(5)12(10)3)16-8-7-15(19-16)9-18-6/h7-8,18H,9H2,1-6H3. The molecule has 0 atom stereocenters. The van der Waals surface area contributed by atoms with Crippen LogP contribution in [0.1, 0.15) is 33.6 Å². The Balaban J connectivity index is 2.61. The van der Waals surface area contributed by atoms with Crippen LogP contribution in [0.2, 0.25) is 0 Å². The van der Waals surface area contributed by atoms with Gasteiger partial charge in [0, 0.05) is 5.56 Å². The average Bonchev–Trinajstić information content (AvgIpc) is 2.83. The van der Waals surface area contributed by atoms with Crippen molar-refractivity contribution in [1.29, 1.82) is 0 Å². The fraction of sp³-hybridized carbons (Fsp3) is 0.412. The molecule has 0 saturated heterocycles. The molecule has 0 spiro atoms. The van der Waals surface area contributed by atoms with Crippen molar-refractivity contribution in [2.24, 2.45) is 0 Å². The molecule has 1 heterocycles. The highest BCUT2D eigenvalue weighted by atomic mass is 16.3. The third kappa shape index (κ3) is 2.33. The zero-order valence-electron chi connectivity index (χ0n) is 12.8. The van der Waals surface area contributed by atoms with Crippen LogP contribution in [0.5, 0.6) is 0 Å². The number of benzene rings is 1. The summed E-state index contributed by atoms with van der Waals surface area (Å²) in [5.74, 6) is 1.96. The Labute approximate surface area is 115 Å². The molecule has 0 aliphatic heterocycles. The summed E-state index contributed by atoms with van der Waals surface area (Å²) in [4.78, 5) is 0. The summed E-state index contributed by atoms with van der Waals surface area (Å²) < 4.78 is 5.96. The van der Waals surface area contributed by atoms with Crippen molar-refractivity contribution in [3.8, 4) is 11.3 Å². The van der Waals surface area contributed by atoms with Gasteiger partial charge in [0.15, 0.2) is 0 Å². The average molecular weight is 257 g/mol. The van der Waals surface area contributed by atoms with Crippen LogP contribution in [0.4, 0.5) is 0 Å². The van der Waals surface area contributed by atoms with Crippen LogP contribution in [-0.4, -0.2) is 7.05 Å². The molecule has 19 heavy (non-hydrogen) atoms. The molecule has 0 fully saturated rings. The summed E-state index contributed by atoms with van der Waals surface area (Å²) in [6.07, 6.45) is 0. The molecule has 0 radical (unpaired) electrons. The maximum absolute atomic E-state index is 5.96. The highest BCUT2D eigenvalue weighted by molar-refractivity contribution is 5.71. The van der Waals surface area contributed by atoms with E-state index in [0.29, 0.717) is 0 Å². The lowest BCUT2D eigenvalue weighted by molar-refractivity contribution is 0.506. The van der Waals surface area contributed by atoms with Gasteiger partial charge in [0.05, 0.1) is 6.54 Å². The molecular formula is C17H23NO. The molecule has 1 aromatic carbocycles.